The fourth-order valence-electron chi connectivity index (χ4n) is 2.39. The smallest absolute Gasteiger partial charge is 0.279 e. The topological polar surface area (TPSA) is 62.6 Å². The first kappa shape index (κ1) is 20.7. The summed E-state index contributed by atoms with van der Waals surface area (Å²) in [6, 6.07) is 13.1. The zero-order valence-corrected chi connectivity index (χ0v) is 15.9. The SMILES string of the molecule is C=CCSc1ccccc1NC(=O)C[NH+](C)CC(=O)Nc1ccc(F)cc1. The van der Waals surface area contributed by atoms with Crippen LogP contribution in [0.5, 0.6) is 0 Å². The highest BCUT2D eigenvalue weighted by molar-refractivity contribution is 7.99. The van der Waals surface area contributed by atoms with Crippen LogP contribution in [0.2, 0.25) is 0 Å². The Morgan fingerprint density at radius 2 is 1.70 bits per heavy atom. The Labute approximate surface area is 162 Å². The van der Waals surface area contributed by atoms with Crippen LogP contribution in [0.4, 0.5) is 15.8 Å². The Hall–Kier alpha value is -2.64. The van der Waals surface area contributed by atoms with Gasteiger partial charge in [-0.25, -0.2) is 4.39 Å². The molecule has 142 valence electrons. The first-order valence-corrected chi connectivity index (χ1v) is 9.46. The summed E-state index contributed by atoms with van der Waals surface area (Å²) in [5, 5.41) is 5.58. The summed E-state index contributed by atoms with van der Waals surface area (Å²) in [5.74, 6) is -0.0248. The van der Waals surface area contributed by atoms with Crippen LogP contribution >= 0.6 is 11.8 Å². The van der Waals surface area contributed by atoms with Crippen molar-refractivity contribution in [2.45, 2.75) is 4.90 Å². The van der Waals surface area contributed by atoms with Crippen molar-refractivity contribution in [3.63, 3.8) is 0 Å². The van der Waals surface area contributed by atoms with E-state index in [9.17, 15) is 14.0 Å². The van der Waals surface area contributed by atoms with E-state index in [1.807, 2.05) is 24.3 Å². The molecule has 0 radical (unpaired) electrons. The number of carbonyl (C=O) groups is 2. The number of likely N-dealkylation sites (N-methyl/N-ethyl adjacent to an activating group) is 1. The van der Waals surface area contributed by atoms with Gasteiger partial charge in [-0.15, -0.1) is 18.3 Å². The molecule has 0 aromatic heterocycles. The van der Waals surface area contributed by atoms with Crippen molar-refractivity contribution < 1.29 is 18.9 Å². The first-order valence-electron chi connectivity index (χ1n) is 8.47. The van der Waals surface area contributed by atoms with E-state index in [1.54, 1.807) is 24.9 Å². The monoisotopic (exact) mass is 388 g/mol. The maximum Gasteiger partial charge on any atom is 0.279 e. The Morgan fingerprint density at radius 1 is 1.07 bits per heavy atom. The van der Waals surface area contributed by atoms with Gasteiger partial charge in [-0.3, -0.25) is 9.59 Å². The number of amides is 2. The average Bonchev–Trinajstić information content (AvgIpc) is 2.62. The predicted molar refractivity (Wildman–Crippen MR) is 108 cm³/mol. The second-order valence-electron chi connectivity index (χ2n) is 6.01. The molecule has 0 heterocycles. The predicted octanol–water partition coefficient (Wildman–Crippen LogP) is 2.20. The molecule has 2 aromatic carbocycles. The quantitative estimate of drug-likeness (QED) is 0.456. The second kappa shape index (κ2) is 10.5. The number of halogens is 1. The number of quaternary nitrogens is 1. The van der Waals surface area contributed by atoms with Crippen molar-refractivity contribution in [1.82, 2.24) is 0 Å². The molecule has 1 atom stereocenters. The fraction of sp³-hybridized carbons (Fsp3) is 0.200. The number of carbonyl (C=O) groups excluding carboxylic acids is 2. The van der Waals surface area contributed by atoms with E-state index in [0.29, 0.717) is 5.69 Å². The molecule has 0 fully saturated rings. The van der Waals surface area contributed by atoms with Crippen molar-refractivity contribution in [3.05, 3.63) is 67.0 Å². The van der Waals surface area contributed by atoms with Gasteiger partial charge in [0.25, 0.3) is 11.8 Å². The number of hydrogen-bond donors (Lipinski definition) is 3. The standard InChI is InChI=1S/C20H22FN3O2S/c1-3-12-27-18-7-5-4-6-17(18)23-20(26)14-24(2)13-19(25)22-16-10-8-15(21)9-11-16/h3-11H,1,12-14H2,2H3,(H,22,25)(H,23,26)/p+1. The van der Waals surface area contributed by atoms with Crippen LogP contribution in [-0.2, 0) is 9.59 Å². The van der Waals surface area contributed by atoms with Gasteiger partial charge < -0.3 is 15.5 Å². The maximum atomic E-state index is 12.9. The largest absolute Gasteiger partial charge is 0.322 e. The van der Waals surface area contributed by atoms with Crippen LogP contribution in [0.25, 0.3) is 0 Å². The molecule has 0 bridgehead atoms. The Morgan fingerprint density at radius 3 is 2.37 bits per heavy atom. The van der Waals surface area contributed by atoms with Crippen molar-refractivity contribution >= 4 is 35.0 Å². The summed E-state index contributed by atoms with van der Waals surface area (Å²) in [4.78, 5) is 26.1. The minimum Gasteiger partial charge on any atom is -0.322 e. The highest BCUT2D eigenvalue weighted by atomic mass is 32.2. The van der Waals surface area contributed by atoms with Gasteiger partial charge in [-0.2, -0.15) is 0 Å². The molecule has 0 saturated carbocycles. The molecule has 5 nitrogen and oxygen atoms in total. The molecular formula is C20H23FN3O2S+. The molecule has 2 aromatic rings. The molecule has 0 aliphatic rings. The number of rotatable bonds is 9. The molecule has 0 aliphatic carbocycles. The molecule has 2 rings (SSSR count). The molecule has 0 aliphatic heterocycles. The van der Waals surface area contributed by atoms with Crippen LogP contribution in [0.1, 0.15) is 0 Å². The molecule has 0 saturated heterocycles. The summed E-state index contributed by atoms with van der Waals surface area (Å²) in [6.07, 6.45) is 1.81. The molecule has 2 amide bonds. The normalized spacial score (nSPS) is 11.5. The molecule has 7 heteroatoms. The fourth-order valence-corrected chi connectivity index (χ4v) is 3.13. The van der Waals surface area contributed by atoms with Gasteiger partial charge in [0.15, 0.2) is 13.1 Å². The van der Waals surface area contributed by atoms with Gasteiger partial charge in [0.1, 0.15) is 5.82 Å². The van der Waals surface area contributed by atoms with Crippen LogP contribution in [0.15, 0.2) is 66.1 Å². The Balaban J connectivity index is 1.83. The molecule has 1 unspecified atom stereocenters. The number of para-hydroxylation sites is 1. The summed E-state index contributed by atoms with van der Waals surface area (Å²) in [5.41, 5.74) is 1.27. The Kier molecular flexibility index (Phi) is 8.03. The lowest BCUT2D eigenvalue weighted by Crippen LogP contribution is -3.11. The summed E-state index contributed by atoms with van der Waals surface area (Å²) in [7, 11) is 1.77. The lowest BCUT2D eigenvalue weighted by Gasteiger charge is -2.15. The zero-order valence-electron chi connectivity index (χ0n) is 15.1. The van der Waals surface area contributed by atoms with Crippen molar-refractivity contribution in [2.75, 3.05) is 36.5 Å². The molecule has 27 heavy (non-hydrogen) atoms. The highest BCUT2D eigenvalue weighted by Gasteiger charge is 2.15. The molecule has 3 N–H and O–H groups in total. The Bertz CT molecular complexity index is 796. The third kappa shape index (κ3) is 7.24. The second-order valence-corrected chi connectivity index (χ2v) is 7.07. The lowest BCUT2D eigenvalue weighted by atomic mass is 10.3. The number of anilines is 2. The summed E-state index contributed by atoms with van der Waals surface area (Å²) in [6.45, 7) is 3.97. The lowest BCUT2D eigenvalue weighted by molar-refractivity contribution is -0.862. The van der Waals surface area contributed by atoms with E-state index in [4.69, 9.17) is 0 Å². The third-order valence-electron chi connectivity index (χ3n) is 3.57. The van der Waals surface area contributed by atoms with E-state index in [-0.39, 0.29) is 30.7 Å². The van der Waals surface area contributed by atoms with Crippen LogP contribution in [-0.4, -0.2) is 37.7 Å². The minimum atomic E-state index is -0.362. The van der Waals surface area contributed by atoms with Gasteiger partial charge in [-0.05, 0) is 36.4 Å². The van der Waals surface area contributed by atoms with E-state index in [1.165, 1.54) is 24.3 Å². The highest BCUT2D eigenvalue weighted by Crippen LogP contribution is 2.26. The molecular weight excluding hydrogens is 365 g/mol. The van der Waals surface area contributed by atoms with E-state index >= 15 is 0 Å². The van der Waals surface area contributed by atoms with Gasteiger partial charge in [0, 0.05) is 16.3 Å². The van der Waals surface area contributed by atoms with Gasteiger partial charge in [0.2, 0.25) is 0 Å². The van der Waals surface area contributed by atoms with Gasteiger partial charge >= 0.3 is 0 Å². The number of thioether (sulfide) groups is 1. The van der Waals surface area contributed by atoms with Crippen molar-refractivity contribution in [2.24, 2.45) is 0 Å². The third-order valence-corrected chi connectivity index (χ3v) is 4.64. The van der Waals surface area contributed by atoms with Gasteiger partial charge in [-0.1, -0.05) is 18.2 Å². The van der Waals surface area contributed by atoms with E-state index < -0.39 is 0 Å². The van der Waals surface area contributed by atoms with Crippen molar-refractivity contribution in [1.29, 1.82) is 0 Å². The van der Waals surface area contributed by atoms with Crippen LogP contribution in [0, 0.1) is 5.82 Å². The number of benzene rings is 2. The zero-order chi connectivity index (χ0) is 19.6. The number of hydrogen-bond acceptors (Lipinski definition) is 3. The van der Waals surface area contributed by atoms with Crippen LogP contribution < -0.4 is 15.5 Å². The summed E-state index contributed by atoms with van der Waals surface area (Å²) < 4.78 is 12.9. The van der Waals surface area contributed by atoms with Gasteiger partial charge in [0.05, 0.1) is 12.7 Å². The van der Waals surface area contributed by atoms with E-state index in [2.05, 4.69) is 17.2 Å². The average molecular weight is 388 g/mol. The summed E-state index contributed by atoms with van der Waals surface area (Å²) >= 11 is 1.59. The van der Waals surface area contributed by atoms with Crippen molar-refractivity contribution in [3.8, 4) is 0 Å². The first-order chi connectivity index (χ1) is 13.0. The minimum absolute atomic E-state index is 0.123. The molecule has 0 spiro atoms. The number of nitrogens with one attached hydrogen (secondary N) is 3. The maximum absolute atomic E-state index is 12.9. The van der Waals surface area contributed by atoms with Crippen LogP contribution in [0.3, 0.4) is 0 Å². The van der Waals surface area contributed by atoms with E-state index in [0.717, 1.165) is 21.2 Å².